The molecule has 102 valence electrons. The summed E-state index contributed by atoms with van der Waals surface area (Å²) in [5, 5.41) is 3.24. The summed E-state index contributed by atoms with van der Waals surface area (Å²) >= 11 is 0. The molecule has 0 radical (unpaired) electrons. The molecule has 0 aliphatic rings. The number of aryl methyl sites for hydroxylation is 2. The van der Waals surface area contributed by atoms with Gasteiger partial charge in [-0.15, -0.1) is 0 Å². The third-order valence-corrected chi connectivity index (χ3v) is 2.94. The highest BCUT2D eigenvalue weighted by Gasteiger charge is 2.10. The Morgan fingerprint density at radius 2 is 2.21 bits per heavy atom. The van der Waals surface area contributed by atoms with Crippen LogP contribution < -0.4 is 5.32 Å². The first-order valence-corrected chi connectivity index (χ1v) is 6.62. The van der Waals surface area contributed by atoms with Crippen molar-refractivity contribution in [2.75, 3.05) is 13.1 Å². The molecular weight excluding hydrogens is 243 g/mol. The molecule has 0 saturated carbocycles. The second-order valence-corrected chi connectivity index (χ2v) is 4.56. The smallest absolute Gasteiger partial charge is 0.194 e. The van der Waals surface area contributed by atoms with Crippen LogP contribution in [0.1, 0.15) is 24.8 Å². The van der Waals surface area contributed by atoms with E-state index in [1.165, 1.54) is 6.07 Å². The van der Waals surface area contributed by atoms with Gasteiger partial charge in [0.1, 0.15) is 5.82 Å². The van der Waals surface area contributed by atoms with Crippen LogP contribution in [0.15, 0.2) is 28.8 Å². The van der Waals surface area contributed by atoms with E-state index in [4.69, 9.17) is 4.42 Å². The van der Waals surface area contributed by atoms with Gasteiger partial charge in [0.05, 0.1) is 11.8 Å². The molecule has 1 heterocycles. The van der Waals surface area contributed by atoms with Gasteiger partial charge in [-0.25, -0.2) is 9.37 Å². The lowest BCUT2D eigenvalue weighted by Crippen LogP contribution is -2.14. The van der Waals surface area contributed by atoms with Gasteiger partial charge < -0.3 is 9.73 Å². The van der Waals surface area contributed by atoms with Crippen LogP contribution in [0.3, 0.4) is 0 Å². The van der Waals surface area contributed by atoms with E-state index in [1.807, 2.05) is 13.0 Å². The van der Waals surface area contributed by atoms with Gasteiger partial charge in [-0.1, -0.05) is 13.0 Å². The van der Waals surface area contributed by atoms with E-state index in [0.717, 1.165) is 31.5 Å². The largest absolute Gasteiger partial charge is 0.441 e. The number of hydrogen-bond acceptors (Lipinski definition) is 3. The third-order valence-electron chi connectivity index (χ3n) is 2.94. The van der Waals surface area contributed by atoms with Crippen molar-refractivity contribution in [2.45, 2.75) is 26.7 Å². The van der Waals surface area contributed by atoms with Crippen LogP contribution in [-0.2, 0) is 6.42 Å². The monoisotopic (exact) mass is 262 g/mol. The molecule has 0 amide bonds. The van der Waals surface area contributed by atoms with Gasteiger partial charge in [-0.3, -0.25) is 0 Å². The molecule has 0 aliphatic heterocycles. The number of halogens is 1. The van der Waals surface area contributed by atoms with Crippen LogP contribution in [0.25, 0.3) is 11.3 Å². The maximum Gasteiger partial charge on any atom is 0.194 e. The number of aromatic nitrogens is 1. The standard InChI is InChI=1S/C15H19FN2O/c1-3-17-8-4-5-15-18-10-14(19-15)12-7-6-11(2)9-13(12)16/h6-7,9-10,17H,3-5,8H2,1-2H3. The number of hydrogen-bond donors (Lipinski definition) is 1. The van der Waals surface area contributed by atoms with Gasteiger partial charge >= 0.3 is 0 Å². The summed E-state index contributed by atoms with van der Waals surface area (Å²) in [5.74, 6) is 0.888. The summed E-state index contributed by atoms with van der Waals surface area (Å²) in [4.78, 5) is 4.19. The Labute approximate surface area is 112 Å². The first-order chi connectivity index (χ1) is 9.20. The van der Waals surface area contributed by atoms with Gasteiger partial charge in [-0.05, 0) is 44.1 Å². The first-order valence-electron chi connectivity index (χ1n) is 6.62. The molecule has 1 aromatic heterocycles. The number of oxazole rings is 1. The predicted octanol–water partition coefficient (Wildman–Crippen LogP) is 3.33. The molecule has 0 atom stereocenters. The fourth-order valence-corrected chi connectivity index (χ4v) is 1.91. The lowest BCUT2D eigenvalue weighted by atomic mass is 10.1. The summed E-state index contributed by atoms with van der Waals surface area (Å²) in [6.45, 7) is 5.83. The summed E-state index contributed by atoms with van der Waals surface area (Å²) in [5.41, 5.74) is 1.36. The predicted molar refractivity (Wildman–Crippen MR) is 73.5 cm³/mol. The van der Waals surface area contributed by atoms with Crippen molar-refractivity contribution < 1.29 is 8.81 Å². The van der Waals surface area contributed by atoms with Crippen LogP contribution in [0.4, 0.5) is 4.39 Å². The molecular formula is C15H19FN2O. The zero-order chi connectivity index (χ0) is 13.7. The van der Waals surface area contributed by atoms with E-state index in [1.54, 1.807) is 12.3 Å². The van der Waals surface area contributed by atoms with E-state index < -0.39 is 0 Å². The van der Waals surface area contributed by atoms with E-state index in [-0.39, 0.29) is 5.82 Å². The van der Waals surface area contributed by atoms with Gasteiger partial charge in [0, 0.05) is 6.42 Å². The number of benzene rings is 1. The topological polar surface area (TPSA) is 38.1 Å². The third kappa shape index (κ3) is 3.64. The Kier molecular flexibility index (Phi) is 4.68. The number of rotatable bonds is 6. The zero-order valence-corrected chi connectivity index (χ0v) is 11.4. The number of nitrogens with one attached hydrogen (secondary N) is 1. The minimum atomic E-state index is -0.268. The average molecular weight is 262 g/mol. The second-order valence-electron chi connectivity index (χ2n) is 4.56. The highest BCUT2D eigenvalue weighted by atomic mass is 19.1. The Balaban J connectivity index is 2.04. The first kappa shape index (κ1) is 13.7. The van der Waals surface area contributed by atoms with Crippen molar-refractivity contribution in [3.63, 3.8) is 0 Å². The van der Waals surface area contributed by atoms with Crippen LogP contribution in [0, 0.1) is 12.7 Å². The lowest BCUT2D eigenvalue weighted by Gasteiger charge is -2.00. The zero-order valence-electron chi connectivity index (χ0n) is 11.4. The van der Waals surface area contributed by atoms with Gasteiger partial charge in [0.2, 0.25) is 0 Å². The molecule has 0 aliphatic carbocycles. The van der Waals surface area contributed by atoms with Gasteiger partial charge in [0.25, 0.3) is 0 Å². The minimum Gasteiger partial charge on any atom is -0.441 e. The maximum absolute atomic E-state index is 13.8. The Morgan fingerprint density at radius 1 is 1.37 bits per heavy atom. The van der Waals surface area contributed by atoms with Crippen molar-refractivity contribution >= 4 is 0 Å². The van der Waals surface area contributed by atoms with E-state index >= 15 is 0 Å². The highest BCUT2D eigenvalue weighted by molar-refractivity contribution is 5.57. The van der Waals surface area contributed by atoms with Crippen LogP contribution in [0.5, 0.6) is 0 Å². The van der Waals surface area contributed by atoms with Crippen LogP contribution in [0.2, 0.25) is 0 Å². The molecule has 0 saturated heterocycles. The maximum atomic E-state index is 13.8. The van der Waals surface area contributed by atoms with Crippen molar-refractivity contribution in [1.29, 1.82) is 0 Å². The SMILES string of the molecule is CCNCCCc1ncc(-c2ccc(C)cc2F)o1. The molecule has 2 rings (SSSR count). The molecule has 0 bridgehead atoms. The van der Waals surface area contributed by atoms with Crippen molar-refractivity contribution in [3.8, 4) is 11.3 Å². The molecule has 3 nitrogen and oxygen atoms in total. The summed E-state index contributed by atoms with van der Waals surface area (Å²) < 4.78 is 19.4. The normalized spacial score (nSPS) is 10.9. The van der Waals surface area contributed by atoms with E-state index in [9.17, 15) is 4.39 Å². The molecule has 1 N–H and O–H groups in total. The summed E-state index contributed by atoms with van der Waals surface area (Å²) in [6.07, 6.45) is 3.32. The van der Waals surface area contributed by atoms with Crippen LogP contribution >= 0.6 is 0 Å². The Bertz CT molecular complexity index is 537. The lowest BCUT2D eigenvalue weighted by molar-refractivity contribution is 0.490. The van der Waals surface area contributed by atoms with E-state index in [0.29, 0.717) is 17.2 Å². The second kappa shape index (κ2) is 6.48. The summed E-state index contributed by atoms with van der Waals surface area (Å²) in [7, 11) is 0. The molecule has 0 spiro atoms. The minimum absolute atomic E-state index is 0.268. The van der Waals surface area contributed by atoms with Gasteiger partial charge in [-0.2, -0.15) is 0 Å². The Morgan fingerprint density at radius 3 is 2.95 bits per heavy atom. The van der Waals surface area contributed by atoms with E-state index in [2.05, 4.69) is 17.2 Å². The molecule has 0 fully saturated rings. The highest BCUT2D eigenvalue weighted by Crippen LogP contribution is 2.24. The molecule has 4 heteroatoms. The molecule has 1 aromatic carbocycles. The van der Waals surface area contributed by atoms with Crippen molar-refractivity contribution in [1.82, 2.24) is 10.3 Å². The molecule has 0 unspecified atom stereocenters. The number of nitrogens with zero attached hydrogens (tertiary/aromatic N) is 1. The quantitative estimate of drug-likeness (QED) is 0.811. The van der Waals surface area contributed by atoms with Crippen molar-refractivity contribution in [3.05, 3.63) is 41.7 Å². The average Bonchev–Trinajstić information content (AvgIpc) is 2.83. The molecule has 2 aromatic rings. The molecule has 19 heavy (non-hydrogen) atoms. The van der Waals surface area contributed by atoms with Crippen LogP contribution in [-0.4, -0.2) is 18.1 Å². The summed E-state index contributed by atoms with van der Waals surface area (Å²) in [6, 6.07) is 5.10. The fraction of sp³-hybridized carbons (Fsp3) is 0.400. The van der Waals surface area contributed by atoms with Crippen molar-refractivity contribution in [2.24, 2.45) is 0 Å². The fourth-order valence-electron chi connectivity index (χ4n) is 1.91. The van der Waals surface area contributed by atoms with Gasteiger partial charge in [0.15, 0.2) is 11.7 Å². The Hall–Kier alpha value is -1.68.